The first-order chi connectivity index (χ1) is 8.76. The zero-order chi connectivity index (χ0) is 13.0. The van der Waals surface area contributed by atoms with Crippen molar-refractivity contribution in [2.45, 2.75) is 0 Å². The molecule has 0 aliphatic carbocycles. The predicted molar refractivity (Wildman–Crippen MR) is 70.3 cm³/mol. The molecule has 1 aromatic heterocycles. The maximum Gasteiger partial charge on any atom is 0.222 e. The molecule has 18 heavy (non-hydrogen) atoms. The van der Waals surface area contributed by atoms with Gasteiger partial charge in [-0.25, -0.2) is 4.98 Å². The van der Waals surface area contributed by atoms with Crippen LogP contribution in [0.3, 0.4) is 0 Å². The van der Waals surface area contributed by atoms with Crippen LogP contribution in [0.5, 0.6) is 0 Å². The molecule has 6 nitrogen and oxygen atoms in total. The zero-order valence-electron chi connectivity index (χ0n) is 9.95. The zero-order valence-corrected chi connectivity index (χ0v) is 9.95. The maximum atomic E-state index is 9.07. The molecule has 0 saturated heterocycles. The van der Waals surface area contributed by atoms with Crippen LogP contribution in [-0.2, 0) is 0 Å². The second-order valence-corrected chi connectivity index (χ2v) is 3.86. The highest BCUT2D eigenvalue weighted by atomic mass is 16.3. The Balaban J connectivity index is 2.52. The van der Waals surface area contributed by atoms with Gasteiger partial charge in [0.05, 0.1) is 18.7 Å². The van der Waals surface area contributed by atoms with Crippen molar-refractivity contribution in [3.05, 3.63) is 24.3 Å². The number of para-hydroxylation sites is 1. The average molecular weight is 248 g/mol. The van der Waals surface area contributed by atoms with E-state index in [2.05, 4.69) is 9.97 Å². The van der Waals surface area contributed by atoms with Gasteiger partial charge in [0.15, 0.2) is 0 Å². The summed E-state index contributed by atoms with van der Waals surface area (Å²) in [4.78, 5) is 10.2. The van der Waals surface area contributed by atoms with Crippen molar-refractivity contribution < 1.29 is 10.2 Å². The van der Waals surface area contributed by atoms with Gasteiger partial charge in [-0.15, -0.1) is 0 Å². The van der Waals surface area contributed by atoms with E-state index in [1.807, 2.05) is 24.3 Å². The standard InChI is InChI=1S/C12H16N4O2/c13-12-14-10-4-2-1-3-9(10)11(15-12)16(5-7-17)6-8-18/h1-4,17-18H,5-8H2,(H2,13,14,15). The van der Waals surface area contributed by atoms with Crippen molar-refractivity contribution >= 4 is 22.7 Å². The number of aliphatic hydroxyl groups is 2. The molecule has 0 amide bonds. The van der Waals surface area contributed by atoms with E-state index in [9.17, 15) is 0 Å². The summed E-state index contributed by atoms with van der Waals surface area (Å²) in [6, 6.07) is 7.52. The number of aliphatic hydroxyl groups excluding tert-OH is 2. The van der Waals surface area contributed by atoms with Gasteiger partial charge >= 0.3 is 0 Å². The van der Waals surface area contributed by atoms with E-state index < -0.39 is 0 Å². The molecule has 0 bridgehead atoms. The summed E-state index contributed by atoms with van der Waals surface area (Å²) >= 11 is 0. The molecule has 0 aliphatic heterocycles. The Bertz CT molecular complexity index is 526. The van der Waals surface area contributed by atoms with Gasteiger partial charge in [-0.2, -0.15) is 4.98 Å². The first-order valence-corrected chi connectivity index (χ1v) is 5.75. The summed E-state index contributed by atoms with van der Waals surface area (Å²) in [5, 5.41) is 19.0. The van der Waals surface area contributed by atoms with Crippen molar-refractivity contribution in [1.29, 1.82) is 0 Å². The fraction of sp³-hybridized carbons (Fsp3) is 0.333. The molecule has 2 aromatic rings. The maximum absolute atomic E-state index is 9.07. The number of benzene rings is 1. The third-order valence-corrected chi connectivity index (χ3v) is 2.64. The highest BCUT2D eigenvalue weighted by molar-refractivity contribution is 5.90. The van der Waals surface area contributed by atoms with Gasteiger partial charge in [-0.1, -0.05) is 12.1 Å². The third kappa shape index (κ3) is 2.49. The highest BCUT2D eigenvalue weighted by Gasteiger charge is 2.12. The SMILES string of the molecule is Nc1nc(N(CCO)CCO)c2ccccc2n1. The lowest BCUT2D eigenvalue weighted by Crippen LogP contribution is -2.31. The molecule has 1 aromatic carbocycles. The van der Waals surface area contributed by atoms with Gasteiger partial charge in [0.2, 0.25) is 5.95 Å². The lowest BCUT2D eigenvalue weighted by atomic mass is 10.2. The molecule has 0 radical (unpaired) electrons. The van der Waals surface area contributed by atoms with Crippen LogP contribution in [0.2, 0.25) is 0 Å². The number of nitrogens with two attached hydrogens (primary N) is 1. The molecule has 1 heterocycles. The number of nitrogen functional groups attached to an aromatic ring is 1. The van der Waals surface area contributed by atoms with E-state index in [4.69, 9.17) is 15.9 Å². The van der Waals surface area contributed by atoms with E-state index in [0.717, 1.165) is 10.9 Å². The number of hydrogen-bond acceptors (Lipinski definition) is 6. The summed E-state index contributed by atoms with van der Waals surface area (Å²) < 4.78 is 0. The Kier molecular flexibility index (Phi) is 3.91. The molecular weight excluding hydrogens is 232 g/mol. The average Bonchev–Trinajstić information content (AvgIpc) is 2.37. The van der Waals surface area contributed by atoms with Gasteiger partial charge in [0.25, 0.3) is 0 Å². The smallest absolute Gasteiger partial charge is 0.222 e. The quantitative estimate of drug-likeness (QED) is 0.689. The molecule has 4 N–H and O–H groups in total. The topological polar surface area (TPSA) is 95.5 Å². The molecule has 0 spiro atoms. The first-order valence-electron chi connectivity index (χ1n) is 5.75. The Labute approximate surface area is 105 Å². The third-order valence-electron chi connectivity index (χ3n) is 2.64. The Morgan fingerprint density at radius 3 is 2.39 bits per heavy atom. The predicted octanol–water partition coefficient (Wildman–Crippen LogP) is 0.00300. The number of anilines is 2. The molecule has 0 fully saturated rings. The molecule has 0 atom stereocenters. The van der Waals surface area contributed by atoms with Crippen LogP contribution >= 0.6 is 0 Å². The summed E-state index contributed by atoms with van der Waals surface area (Å²) in [6.45, 7) is 0.748. The summed E-state index contributed by atoms with van der Waals surface area (Å²) in [5.74, 6) is 0.825. The normalized spacial score (nSPS) is 10.8. The number of nitrogens with zero attached hydrogens (tertiary/aromatic N) is 3. The lowest BCUT2D eigenvalue weighted by Gasteiger charge is -2.23. The van der Waals surface area contributed by atoms with Crippen LogP contribution in [0.4, 0.5) is 11.8 Å². The first kappa shape index (κ1) is 12.5. The molecular formula is C12H16N4O2. The second-order valence-electron chi connectivity index (χ2n) is 3.86. The van der Waals surface area contributed by atoms with Crippen LogP contribution in [0.25, 0.3) is 10.9 Å². The van der Waals surface area contributed by atoms with E-state index in [-0.39, 0.29) is 19.2 Å². The van der Waals surface area contributed by atoms with Gasteiger partial charge in [-0.05, 0) is 12.1 Å². The van der Waals surface area contributed by atoms with Gasteiger partial charge in [0.1, 0.15) is 5.82 Å². The fourth-order valence-corrected chi connectivity index (χ4v) is 1.88. The van der Waals surface area contributed by atoms with Crippen molar-refractivity contribution in [3.8, 4) is 0 Å². The van der Waals surface area contributed by atoms with Crippen LogP contribution < -0.4 is 10.6 Å². The summed E-state index contributed by atoms with van der Waals surface area (Å²) in [5.41, 5.74) is 6.43. The minimum absolute atomic E-state index is 0.0156. The van der Waals surface area contributed by atoms with Crippen LogP contribution in [0.15, 0.2) is 24.3 Å². The number of hydrogen-bond donors (Lipinski definition) is 3. The van der Waals surface area contributed by atoms with Gasteiger partial charge in [-0.3, -0.25) is 0 Å². The van der Waals surface area contributed by atoms with Crippen LogP contribution in [0, 0.1) is 0 Å². The Hall–Kier alpha value is -1.92. The van der Waals surface area contributed by atoms with E-state index in [1.165, 1.54) is 0 Å². The van der Waals surface area contributed by atoms with Crippen molar-refractivity contribution in [3.63, 3.8) is 0 Å². The molecule has 96 valence electrons. The largest absolute Gasteiger partial charge is 0.395 e. The van der Waals surface area contributed by atoms with E-state index >= 15 is 0 Å². The molecule has 0 unspecified atom stereocenters. The van der Waals surface area contributed by atoms with Gasteiger partial charge < -0.3 is 20.8 Å². The Morgan fingerprint density at radius 1 is 1.06 bits per heavy atom. The Morgan fingerprint density at radius 2 is 1.72 bits per heavy atom. The summed E-state index contributed by atoms with van der Waals surface area (Å²) in [7, 11) is 0. The van der Waals surface area contributed by atoms with Crippen molar-refractivity contribution in [2.24, 2.45) is 0 Å². The van der Waals surface area contributed by atoms with Crippen LogP contribution in [-0.4, -0.2) is 46.5 Å². The summed E-state index contributed by atoms with van der Waals surface area (Å²) in [6.07, 6.45) is 0. The minimum atomic E-state index is -0.0156. The number of fused-ring (bicyclic) bond motifs is 1. The van der Waals surface area contributed by atoms with E-state index in [0.29, 0.717) is 18.9 Å². The fourth-order valence-electron chi connectivity index (χ4n) is 1.88. The molecule has 0 aliphatic rings. The number of rotatable bonds is 5. The molecule has 0 saturated carbocycles. The second kappa shape index (κ2) is 5.61. The number of aromatic nitrogens is 2. The molecule has 2 rings (SSSR count). The van der Waals surface area contributed by atoms with E-state index in [1.54, 1.807) is 4.90 Å². The molecule has 6 heteroatoms. The van der Waals surface area contributed by atoms with Gasteiger partial charge in [0, 0.05) is 18.5 Å². The lowest BCUT2D eigenvalue weighted by molar-refractivity contribution is 0.281. The van der Waals surface area contributed by atoms with Crippen LogP contribution in [0.1, 0.15) is 0 Å². The highest BCUT2D eigenvalue weighted by Crippen LogP contribution is 2.24. The van der Waals surface area contributed by atoms with Crippen molar-refractivity contribution in [1.82, 2.24) is 9.97 Å². The monoisotopic (exact) mass is 248 g/mol. The van der Waals surface area contributed by atoms with Crippen molar-refractivity contribution in [2.75, 3.05) is 36.9 Å². The minimum Gasteiger partial charge on any atom is -0.395 e.